The third-order valence-corrected chi connectivity index (χ3v) is 5.04. The van der Waals surface area contributed by atoms with Crippen LogP contribution in [0.4, 0.5) is 5.69 Å². The molecule has 0 atom stereocenters. The first-order valence-electron chi connectivity index (χ1n) is 8.81. The quantitative estimate of drug-likeness (QED) is 0.620. The van der Waals surface area contributed by atoms with E-state index in [0.29, 0.717) is 25.3 Å². The van der Waals surface area contributed by atoms with Crippen molar-refractivity contribution in [2.24, 2.45) is 10.2 Å². The van der Waals surface area contributed by atoms with Crippen LogP contribution in [0.25, 0.3) is 10.9 Å². The topological polar surface area (TPSA) is 92.3 Å². The van der Waals surface area contributed by atoms with Gasteiger partial charge in [0.25, 0.3) is 0 Å². The van der Waals surface area contributed by atoms with Gasteiger partial charge in [-0.2, -0.15) is 0 Å². The molecule has 1 aliphatic rings. The number of hydrogen-bond acceptors (Lipinski definition) is 6. The van der Waals surface area contributed by atoms with Crippen LogP contribution in [0.5, 0.6) is 5.88 Å². The summed E-state index contributed by atoms with van der Waals surface area (Å²) in [5, 5.41) is 19.4. The number of hydrogen-bond donors (Lipinski definition) is 1. The zero-order valence-corrected chi connectivity index (χ0v) is 16.5. The van der Waals surface area contributed by atoms with Crippen LogP contribution < -0.4 is 0 Å². The molecule has 1 saturated heterocycles. The van der Waals surface area contributed by atoms with Crippen molar-refractivity contribution in [2.45, 2.75) is 6.67 Å². The zero-order valence-electron chi connectivity index (χ0n) is 15.0. The second-order valence-corrected chi connectivity index (χ2v) is 7.27. The molecule has 1 aliphatic heterocycles. The Kier molecular flexibility index (Phi) is 5.47. The van der Waals surface area contributed by atoms with E-state index in [2.05, 4.69) is 36.0 Å². The summed E-state index contributed by atoms with van der Waals surface area (Å²) in [5.74, 6) is -0.596. The van der Waals surface area contributed by atoms with Crippen molar-refractivity contribution in [3.05, 3.63) is 52.8 Å². The Morgan fingerprint density at radius 1 is 1.25 bits per heavy atom. The third-order valence-electron chi connectivity index (χ3n) is 4.54. The van der Waals surface area contributed by atoms with Crippen molar-refractivity contribution in [1.82, 2.24) is 14.5 Å². The number of ether oxygens (including phenoxy) is 1. The second-order valence-electron chi connectivity index (χ2n) is 6.35. The predicted octanol–water partition coefficient (Wildman–Crippen LogP) is 3.72. The maximum absolute atomic E-state index is 12.2. The number of aromatic hydroxyl groups is 1. The first kappa shape index (κ1) is 18.7. The Balaban J connectivity index is 1.71. The fourth-order valence-corrected chi connectivity index (χ4v) is 3.48. The maximum Gasteiger partial charge on any atom is 0.313 e. The van der Waals surface area contributed by atoms with Crippen LogP contribution in [0, 0.1) is 0 Å². The highest BCUT2D eigenvalue weighted by molar-refractivity contribution is 9.10. The highest BCUT2D eigenvalue weighted by Crippen LogP contribution is 2.40. The van der Waals surface area contributed by atoms with E-state index in [-0.39, 0.29) is 17.3 Å². The summed E-state index contributed by atoms with van der Waals surface area (Å²) in [6.07, 6.45) is 1.52. The lowest BCUT2D eigenvalue weighted by molar-refractivity contribution is 0.0231. The van der Waals surface area contributed by atoms with Gasteiger partial charge in [0.15, 0.2) is 5.69 Å². The molecular formula is C19H18BrN5O3. The number of azo groups is 1. The average Bonchev–Trinajstić information content (AvgIpc) is 2.98. The van der Waals surface area contributed by atoms with E-state index in [1.54, 1.807) is 22.8 Å². The van der Waals surface area contributed by atoms with Gasteiger partial charge in [-0.3, -0.25) is 19.2 Å². The second kappa shape index (κ2) is 8.17. The van der Waals surface area contributed by atoms with Crippen LogP contribution in [-0.2, 0) is 11.4 Å². The molecule has 8 nitrogen and oxygen atoms in total. The van der Waals surface area contributed by atoms with Crippen LogP contribution in [-0.4, -0.2) is 51.8 Å². The molecule has 0 bridgehead atoms. The number of nitrogens with zero attached hydrogens (tertiary/aromatic N) is 5. The SMILES string of the molecule is O=C(N=Nc1c(O)n(CN2CCOCC2)c2ccc(Br)cc12)c1ccccn1. The number of halogens is 1. The lowest BCUT2D eigenvalue weighted by Gasteiger charge is -2.27. The molecule has 3 aromatic rings. The minimum atomic E-state index is -0.566. The van der Waals surface area contributed by atoms with Crippen molar-refractivity contribution in [1.29, 1.82) is 0 Å². The van der Waals surface area contributed by atoms with Gasteiger partial charge in [-0.1, -0.05) is 22.0 Å². The molecule has 2 aromatic heterocycles. The molecule has 1 fully saturated rings. The molecule has 0 saturated carbocycles. The molecule has 1 N–H and O–H groups in total. The van der Waals surface area contributed by atoms with Crippen LogP contribution in [0.2, 0.25) is 0 Å². The zero-order chi connectivity index (χ0) is 19.5. The van der Waals surface area contributed by atoms with E-state index in [9.17, 15) is 9.90 Å². The highest BCUT2D eigenvalue weighted by Gasteiger charge is 2.20. The summed E-state index contributed by atoms with van der Waals surface area (Å²) in [6, 6.07) is 10.6. The maximum atomic E-state index is 12.2. The van der Waals surface area contributed by atoms with Crippen molar-refractivity contribution in [3.8, 4) is 5.88 Å². The van der Waals surface area contributed by atoms with Gasteiger partial charge in [0.05, 0.1) is 25.4 Å². The molecule has 9 heteroatoms. The molecule has 0 unspecified atom stereocenters. The van der Waals surface area contributed by atoms with Crippen molar-refractivity contribution < 1.29 is 14.6 Å². The Bertz CT molecular complexity index is 1030. The molecule has 1 aromatic carbocycles. The van der Waals surface area contributed by atoms with Gasteiger partial charge in [0.1, 0.15) is 5.69 Å². The smallest absolute Gasteiger partial charge is 0.313 e. The number of pyridine rings is 1. The van der Waals surface area contributed by atoms with Crippen LogP contribution in [0.3, 0.4) is 0 Å². The Hall–Kier alpha value is -2.62. The highest BCUT2D eigenvalue weighted by atomic mass is 79.9. The van der Waals surface area contributed by atoms with Gasteiger partial charge < -0.3 is 9.84 Å². The van der Waals surface area contributed by atoms with E-state index in [1.807, 2.05) is 18.2 Å². The first-order valence-corrected chi connectivity index (χ1v) is 9.60. The fourth-order valence-electron chi connectivity index (χ4n) is 3.12. The first-order chi connectivity index (χ1) is 13.6. The van der Waals surface area contributed by atoms with Crippen molar-refractivity contribution in [3.63, 3.8) is 0 Å². The van der Waals surface area contributed by atoms with Gasteiger partial charge in [0.2, 0.25) is 5.88 Å². The van der Waals surface area contributed by atoms with E-state index in [4.69, 9.17) is 4.74 Å². The third kappa shape index (κ3) is 3.82. The lowest BCUT2D eigenvalue weighted by atomic mass is 10.2. The van der Waals surface area contributed by atoms with Crippen LogP contribution in [0.1, 0.15) is 10.5 Å². The number of fused-ring (bicyclic) bond motifs is 1. The molecule has 144 valence electrons. The largest absolute Gasteiger partial charge is 0.493 e. The minimum absolute atomic E-state index is 0.0304. The Morgan fingerprint density at radius 3 is 2.82 bits per heavy atom. The summed E-state index contributed by atoms with van der Waals surface area (Å²) in [4.78, 5) is 18.4. The van der Waals surface area contributed by atoms with E-state index >= 15 is 0 Å². The molecule has 1 amide bonds. The predicted molar refractivity (Wildman–Crippen MR) is 107 cm³/mol. The number of carbonyl (C=O) groups is 1. The lowest BCUT2D eigenvalue weighted by Crippen LogP contribution is -2.37. The number of morpholine rings is 1. The average molecular weight is 444 g/mol. The van der Waals surface area contributed by atoms with Crippen LogP contribution >= 0.6 is 15.9 Å². The van der Waals surface area contributed by atoms with Crippen LogP contribution in [0.15, 0.2) is 57.3 Å². The van der Waals surface area contributed by atoms with Gasteiger partial charge in [-0.25, -0.2) is 0 Å². The van der Waals surface area contributed by atoms with Crippen molar-refractivity contribution in [2.75, 3.05) is 26.3 Å². The summed E-state index contributed by atoms with van der Waals surface area (Å²) in [7, 11) is 0. The standard InChI is InChI=1S/C19H18BrN5O3/c20-13-4-5-16-14(11-13)17(22-23-18(26)15-3-1-2-6-21-15)19(27)25(16)12-24-7-9-28-10-8-24/h1-6,11,27H,7-10,12H2. The summed E-state index contributed by atoms with van der Waals surface area (Å²) >= 11 is 3.45. The molecule has 4 rings (SSSR count). The molecule has 28 heavy (non-hydrogen) atoms. The van der Waals surface area contributed by atoms with E-state index < -0.39 is 5.91 Å². The van der Waals surface area contributed by atoms with E-state index in [1.165, 1.54) is 6.20 Å². The number of rotatable bonds is 4. The van der Waals surface area contributed by atoms with E-state index in [0.717, 1.165) is 23.1 Å². The monoisotopic (exact) mass is 443 g/mol. The molecule has 0 radical (unpaired) electrons. The number of amides is 1. The number of benzene rings is 1. The van der Waals surface area contributed by atoms with Gasteiger partial charge >= 0.3 is 5.91 Å². The van der Waals surface area contributed by atoms with Crippen molar-refractivity contribution >= 4 is 38.4 Å². The summed E-state index contributed by atoms with van der Waals surface area (Å²) in [5.41, 5.74) is 1.27. The Morgan fingerprint density at radius 2 is 2.07 bits per heavy atom. The number of carbonyl (C=O) groups excluding carboxylic acids is 1. The summed E-state index contributed by atoms with van der Waals surface area (Å²) in [6.45, 7) is 3.39. The van der Waals surface area contributed by atoms with Gasteiger partial charge in [-0.15, -0.1) is 10.2 Å². The molecular weight excluding hydrogens is 426 g/mol. The van der Waals surface area contributed by atoms with Gasteiger partial charge in [0, 0.05) is 29.1 Å². The number of aromatic nitrogens is 2. The Labute approximate surface area is 169 Å². The normalized spacial score (nSPS) is 15.5. The molecule has 3 heterocycles. The molecule has 0 spiro atoms. The fraction of sp³-hybridized carbons (Fsp3) is 0.263. The summed E-state index contributed by atoms with van der Waals surface area (Å²) < 4.78 is 8.00. The minimum Gasteiger partial charge on any atom is -0.493 e. The van der Waals surface area contributed by atoms with Gasteiger partial charge in [-0.05, 0) is 30.3 Å². The molecule has 0 aliphatic carbocycles.